The van der Waals surface area contributed by atoms with Crippen molar-refractivity contribution in [2.24, 2.45) is 5.73 Å². The summed E-state index contributed by atoms with van der Waals surface area (Å²) < 4.78 is 0. The van der Waals surface area contributed by atoms with Gasteiger partial charge in [-0.05, 0) is 24.9 Å². The average Bonchev–Trinajstić information content (AvgIpc) is 3.30. The van der Waals surface area contributed by atoms with Crippen LogP contribution in [-0.4, -0.2) is 97.1 Å². The van der Waals surface area contributed by atoms with E-state index in [1.807, 2.05) is 0 Å². The van der Waals surface area contributed by atoms with E-state index < -0.39 is 72.6 Å². The van der Waals surface area contributed by atoms with Crippen molar-refractivity contribution in [1.29, 1.82) is 0 Å². The van der Waals surface area contributed by atoms with Crippen LogP contribution in [0.15, 0.2) is 12.5 Å². The van der Waals surface area contributed by atoms with E-state index in [-0.39, 0.29) is 19.3 Å². The standard InChI is InChI=1S/C20H30N6O9S/c1-36-5-4-13(19(33)26-14(20(34)35)7-16(29)30)25-18(32)12(2-3-15(27)28)24-17(31)11(21)6-10-8-22-9-23-10/h8-9,11-14H,2-7,21H2,1H3,(H,22,23)(H,24,31)(H,25,32)(H,26,33)(H,27,28)(H,29,30)(H,34,35). The number of nitrogens with one attached hydrogen (secondary N) is 4. The zero-order chi connectivity index (χ0) is 27.3. The van der Waals surface area contributed by atoms with Crippen LogP contribution in [-0.2, 0) is 35.2 Å². The molecular weight excluding hydrogens is 500 g/mol. The highest BCUT2D eigenvalue weighted by molar-refractivity contribution is 7.98. The SMILES string of the molecule is CSCCC(NC(=O)C(CCC(=O)O)NC(=O)C(N)Cc1cnc[nH]1)C(=O)NC(CC(=O)O)C(=O)O. The molecule has 0 aromatic carbocycles. The molecule has 3 amide bonds. The van der Waals surface area contributed by atoms with Crippen molar-refractivity contribution in [3.05, 3.63) is 18.2 Å². The molecule has 0 radical (unpaired) electrons. The van der Waals surface area contributed by atoms with Crippen LogP contribution in [0, 0.1) is 0 Å². The molecule has 9 N–H and O–H groups in total. The molecular formula is C20H30N6O9S. The minimum Gasteiger partial charge on any atom is -0.481 e. The van der Waals surface area contributed by atoms with E-state index in [0.717, 1.165) is 0 Å². The number of aromatic amines is 1. The molecule has 1 aromatic heterocycles. The first-order valence-corrected chi connectivity index (χ1v) is 12.1. The monoisotopic (exact) mass is 530 g/mol. The van der Waals surface area contributed by atoms with Crippen molar-refractivity contribution < 1.29 is 44.1 Å². The van der Waals surface area contributed by atoms with Gasteiger partial charge in [0.2, 0.25) is 17.7 Å². The molecule has 36 heavy (non-hydrogen) atoms. The fraction of sp³-hybridized carbons (Fsp3) is 0.550. The third-order valence-electron chi connectivity index (χ3n) is 4.85. The fourth-order valence-corrected chi connectivity index (χ4v) is 3.44. The first-order chi connectivity index (χ1) is 16.9. The molecule has 0 aliphatic rings. The number of aromatic nitrogens is 2. The normalized spacial score (nSPS) is 14.1. The first kappa shape index (κ1) is 30.4. The van der Waals surface area contributed by atoms with Crippen molar-refractivity contribution in [1.82, 2.24) is 25.9 Å². The molecule has 1 heterocycles. The van der Waals surface area contributed by atoms with E-state index in [1.54, 1.807) is 6.26 Å². The Bertz CT molecular complexity index is 927. The van der Waals surface area contributed by atoms with E-state index in [9.17, 15) is 33.9 Å². The third kappa shape index (κ3) is 11.2. The molecule has 1 aromatic rings. The van der Waals surface area contributed by atoms with Crippen LogP contribution < -0.4 is 21.7 Å². The van der Waals surface area contributed by atoms with E-state index in [1.165, 1.54) is 24.3 Å². The summed E-state index contributed by atoms with van der Waals surface area (Å²) in [4.78, 5) is 78.0. The summed E-state index contributed by atoms with van der Waals surface area (Å²) in [6.07, 6.45) is 3.05. The van der Waals surface area contributed by atoms with Gasteiger partial charge in [-0.15, -0.1) is 0 Å². The summed E-state index contributed by atoms with van der Waals surface area (Å²) in [7, 11) is 0. The molecule has 16 heteroatoms. The number of aliphatic carboxylic acids is 3. The predicted octanol–water partition coefficient (Wildman–Crippen LogP) is -2.09. The van der Waals surface area contributed by atoms with Gasteiger partial charge < -0.3 is 42.0 Å². The second-order valence-corrected chi connectivity index (χ2v) is 8.71. The van der Waals surface area contributed by atoms with Gasteiger partial charge >= 0.3 is 17.9 Å². The molecule has 0 saturated carbocycles. The molecule has 0 aliphatic heterocycles. The minimum atomic E-state index is -1.73. The van der Waals surface area contributed by atoms with Crippen molar-refractivity contribution >= 4 is 47.4 Å². The molecule has 4 atom stereocenters. The lowest BCUT2D eigenvalue weighted by molar-refractivity contribution is -0.147. The van der Waals surface area contributed by atoms with Crippen LogP contribution in [0.25, 0.3) is 0 Å². The smallest absolute Gasteiger partial charge is 0.326 e. The number of imidazole rings is 1. The van der Waals surface area contributed by atoms with E-state index in [2.05, 4.69) is 25.9 Å². The number of rotatable bonds is 17. The summed E-state index contributed by atoms with van der Waals surface area (Å²) >= 11 is 1.34. The number of hydrogen-bond acceptors (Lipinski definition) is 9. The van der Waals surface area contributed by atoms with E-state index >= 15 is 0 Å². The molecule has 1 rings (SSSR count). The van der Waals surface area contributed by atoms with Gasteiger partial charge in [0.1, 0.15) is 18.1 Å². The maximum absolute atomic E-state index is 12.9. The van der Waals surface area contributed by atoms with Gasteiger partial charge in [0, 0.05) is 24.7 Å². The number of hydrogen-bond donors (Lipinski definition) is 8. The Morgan fingerprint density at radius 1 is 0.944 bits per heavy atom. The highest BCUT2D eigenvalue weighted by Crippen LogP contribution is 2.06. The Hall–Kier alpha value is -3.66. The summed E-state index contributed by atoms with van der Waals surface area (Å²) in [6.45, 7) is 0. The molecule has 0 aliphatic carbocycles. The van der Waals surface area contributed by atoms with Crippen LogP contribution >= 0.6 is 11.8 Å². The molecule has 200 valence electrons. The van der Waals surface area contributed by atoms with Crippen LogP contribution in [0.5, 0.6) is 0 Å². The zero-order valence-electron chi connectivity index (χ0n) is 19.4. The van der Waals surface area contributed by atoms with Gasteiger partial charge in [0.25, 0.3) is 0 Å². The molecule has 0 spiro atoms. The molecule has 0 saturated heterocycles. The zero-order valence-corrected chi connectivity index (χ0v) is 20.2. The number of carbonyl (C=O) groups excluding carboxylic acids is 3. The van der Waals surface area contributed by atoms with Crippen molar-refractivity contribution in [3.8, 4) is 0 Å². The Morgan fingerprint density at radius 3 is 2.03 bits per heavy atom. The second-order valence-electron chi connectivity index (χ2n) is 7.72. The Labute approximate surface area is 210 Å². The van der Waals surface area contributed by atoms with Gasteiger partial charge in [0.15, 0.2) is 0 Å². The van der Waals surface area contributed by atoms with Gasteiger partial charge in [-0.2, -0.15) is 11.8 Å². The van der Waals surface area contributed by atoms with Crippen molar-refractivity contribution in [3.63, 3.8) is 0 Å². The third-order valence-corrected chi connectivity index (χ3v) is 5.49. The number of nitrogens with zero attached hydrogens (tertiary/aromatic N) is 1. The fourth-order valence-electron chi connectivity index (χ4n) is 2.97. The lowest BCUT2D eigenvalue weighted by atomic mass is 10.1. The van der Waals surface area contributed by atoms with Crippen LogP contribution in [0.1, 0.15) is 31.4 Å². The highest BCUT2D eigenvalue weighted by atomic mass is 32.2. The van der Waals surface area contributed by atoms with E-state index in [4.69, 9.17) is 15.9 Å². The maximum atomic E-state index is 12.9. The number of carboxylic acids is 3. The first-order valence-electron chi connectivity index (χ1n) is 10.7. The Kier molecular flexibility index (Phi) is 13.0. The van der Waals surface area contributed by atoms with E-state index in [0.29, 0.717) is 11.4 Å². The number of thioether (sulfide) groups is 1. The van der Waals surface area contributed by atoms with Gasteiger partial charge in [-0.1, -0.05) is 0 Å². The quantitative estimate of drug-likeness (QED) is 0.108. The number of carbonyl (C=O) groups is 6. The largest absolute Gasteiger partial charge is 0.481 e. The summed E-state index contributed by atoms with van der Waals surface area (Å²) in [5.41, 5.74) is 6.43. The van der Waals surface area contributed by atoms with Crippen LogP contribution in [0.2, 0.25) is 0 Å². The summed E-state index contributed by atoms with van der Waals surface area (Å²) in [6, 6.07) is -5.45. The van der Waals surface area contributed by atoms with Gasteiger partial charge in [-0.25, -0.2) is 9.78 Å². The summed E-state index contributed by atoms with van der Waals surface area (Å²) in [5.74, 6) is -6.44. The van der Waals surface area contributed by atoms with Gasteiger partial charge in [0.05, 0.1) is 18.8 Å². The van der Waals surface area contributed by atoms with Gasteiger partial charge in [-0.3, -0.25) is 24.0 Å². The molecule has 4 unspecified atom stereocenters. The van der Waals surface area contributed by atoms with Crippen molar-refractivity contribution in [2.45, 2.75) is 56.3 Å². The molecule has 15 nitrogen and oxygen atoms in total. The van der Waals surface area contributed by atoms with Crippen LogP contribution in [0.4, 0.5) is 0 Å². The van der Waals surface area contributed by atoms with Crippen molar-refractivity contribution in [2.75, 3.05) is 12.0 Å². The topological polar surface area (TPSA) is 254 Å². The average molecular weight is 531 g/mol. The summed E-state index contributed by atoms with van der Waals surface area (Å²) in [5, 5.41) is 33.9. The number of amides is 3. The second kappa shape index (κ2) is 15.4. The highest BCUT2D eigenvalue weighted by Gasteiger charge is 2.31. The number of H-pyrrole nitrogens is 1. The predicted molar refractivity (Wildman–Crippen MR) is 126 cm³/mol. The number of nitrogens with two attached hydrogens (primary N) is 1. The van der Waals surface area contributed by atoms with Crippen LogP contribution in [0.3, 0.4) is 0 Å². The minimum absolute atomic E-state index is 0.0527. The Morgan fingerprint density at radius 2 is 1.53 bits per heavy atom. The molecule has 0 fully saturated rings. The lowest BCUT2D eigenvalue weighted by Crippen LogP contribution is -2.57. The molecule has 0 bridgehead atoms. The lowest BCUT2D eigenvalue weighted by Gasteiger charge is -2.24. The Balaban J connectivity index is 2.96. The maximum Gasteiger partial charge on any atom is 0.326 e. The number of carboxylic acid groups (broad SMARTS) is 3.